The number of benzene rings is 1. The number of nitrogens with zero attached hydrogens (tertiary/aromatic N) is 1. The van der Waals surface area contributed by atoms with Gasteiger partial charge in [-0.3, -0.25) is 0 Å². The maximum atomic E-state index is 14.3. The van der Waals surface area contributed by atoms with Gasteiger partial charge in [-0.15, -0.1) is 0 Å². The molecule has 3 nitrogen and oxygen atoms in total. The zero-order chi connectivity index (χ0) is 15.2. The highest BCUT2D eigenvalue weighted by Gasteiger charge is 2.23. The predicted octanol–water partition coefficient (Wildman–Crippen LogP) is 3.36. The van der Waals surface area contributed by atoms with Gasteiger partial charge in [-0.25, -0.2) is 4.39 Å². The Hall–Kier alpha value is -1.13. The van der Waals surface area contributed by atoms with E-state index in [0.717, 1.165) is 50.3 Å². The van der Waals surface area contributed by atoms with E-state index in [-0.39, 0.29) is 11.9 Å². The fourth-order valence-electron chi connectivity index (χ4n) is 3.21. The summed E-state index contributed by atoms with van der Waals surface area (Å²) in [5.41, 5.74) is 1.84. The van der Waals surface area contributed by atoms with Crippen molar-refractivity contribution in [2.75, 3.05) is 38.3 Å². The fraction of sp³-hybridized carbons (Fsp3) is 0.647. The molecule has 2 rings (SSSR count). The highest BCUT2D eigenvalue weighted by atomic mass is 19.1. The Morgan fingerprint density at radius 3 is 2.71 bits per heavy atom. The molecule has 0 spiro atoms. The molecule has 1 aromatic rings. The molecule has 0 amide bonds. The summed E-state index contributed by atoms with van der Waals surface area (Å²) in [6.07, 6.45) is 2.22. The Balaban J connectivity index is 2.15. The van der Waals surface area contributed by atoms with Gasteiger partial charge in [0, 0.05) is 44.1 Å². The Bertz CT molecular complexity index is 444. The molecule has 21 heavy (non-hydrogen) atoms. The standard InChI is InChI=1S/C17H27FN2O/c1-4-19-13(2)17-15(18)6-5-7-16(17)20-10-8-14(9-11-20)12-21-3/h5-7,13-14,19H,4,8-12H2,1-3H3. The summed E-state index contributed by atoms with van der Waals surface area (Å²) < 4.78 is 19.5. The second kappa shape index (κ2) is 7.76. The topological polar surface area (TPSA) is 24.5 Å². The van der Waals surface area contributed by atoms with E-state index in [0.29, 0.717) is 5.92 Å². The van der Waals surface area contributed by atoms with Gasteiger partial charge in [0.25, 0.3) is 0 Å². The Labute approximate surface area is 127 Å². The minimum atomic E-state index is -0.111. The molecule has 1 aliphatic heterocycles. The van der Waals surface area contributed by atoms with E-state index < -0.39 is 0 Å². The van der Waals surface area contributed by atoms with E-state index >= 15 is 0 Å². The lowest BCUT2D eigenvalue weighted by atomic mass is 9.95. The third-order valence-corrected chi connectivity index (χ3v) is 4.33. The summed E-state index contributed by atoms with van der Waals surface area (Å²) in [5.74, 6) is 0.523. The molecule has 0 bridgehead atoms. The van der Waals surface area contributed by atoms with Crippen LogP contribution in [0.2, 0.25) is 0 Å². The molecule has 118 valence electrons. The molecule has 1 fully saturated rings. The Morgan fingerprint density at radius 2 is 2.10 bits per heavy atom. The first-order valence-electron chi connectivity index (χ1n) is 7.93. The number of ether oxygens (including phenoxy) is 1. The molecular formula is C17H27FN2O. The number of methoxy groups -OCH3 is 1. The van der Waals surface area contributed by atoms with Gasteiger partial charge in [-0.05, 0) is 44.4 Å². The van der Waals surface area contributed by atoms with Crippen LogP contribution in [-0.2, 0) is 4.74 Å². The molecule has 4 heteroatoms. The summed E-state index contributed by atoms with van der Waals surface area (Å²) in [6.45, 7) is 7.70. The maximum absolute atomic E-state index is 14.3. The molecule has 1 heterocycles. The normalized spacial score (nSPS) is 18.0. The Morgan fingerprint density at radius 1 is 1.38 bits per heavy atom. The van der Waals surface area contributed by atoms with Crippen molar-refractivity contribution in [1.29, 1.82) is 0 Å². The van der Waals surface area contributed by atoms with Crippen LogP contribution in [0.3, 0.4) is 0 Å². The average Bonchev–Trinajstić information content (AvgIpc) is 2.48. The monoisotopic (exact) mass is 294 g/mol. The van der Waals surface area contributed by atoms with E-state index in [1.54, 1.807) is 13.2 Å². The van der Waals surface area contributed by atoms with Gasteiger partial charge in [-0.1, -0.05) is 13.0 Å². The lowest BCUT2D eigenvalue weighted by molar-refractivity contribution is 0.139. The van der Waals surface area contributed by atoms with E-state index in [2.05, 4.69) is 10.2 Å². The number of hydrogen-bond donors (Lipinski definition) is 1. The first kappa shape index (κ1) is 16.2. The van der Waals surface area contributed by atoms with E-state index in [4.69, 9.17) is 4.74 Å². The summed E-state index contributed by atoms with van der Waals surface area (Å²) in [7, 11) is 1.76. The van der Waals surface area contributed by atoms with Gasteiger partial charge in [0.15, 0.2) is 0 Å². The first-order valence-corrected chi connectivity index (χ1v) is 7.93. The van der Waals surface area contributed by atoms with Crippen LogP contribution < -0.4 is 10.2 Å². The molecule has 1 saturated heterocycles. The SMILES string of the molecule is CCNC(C)c1c(F)cccc1N1CCC(COC)CC1. The van der Waals surface area contributed by atoms with Crippen LogP contribution in [-0.4, -0.2) is 33.4 Å². The molecule has 1 unspecified atom stereocenters. The van der Waals surface area contributed by atoms with Crippen molar-refractivity contribution in [2.24, 2.45) is 5.92 Å². The van der Waals surface area contributed by atoms with Crippen LogP contribution in [0.25, 0.3) is 0 Å². The lowest BCUT2D eigenvalue weighted by Gasteiger charge is -2.35. The zero-order valence-corrected chi connectivity index (χ0v) is 13.4. The second-order valence-corrected chi connectivity index (χ2v) is 5.84. The van der Waals surface area contributed by atoms with Crippen molar-refractivity contribution >= 4 is 5.69 Å². The van der Waals surface area contributed by atoms with Crippen molar-refractivity contribution in [3.63, 3.8) is 0 Å². The largest absolute Gasteiger partial charge is 0.384 e. The van der Waals surface area contributed by atoms with Crippen LogP contribution in [0.15, 0.2) is 18.2 Å². The van der Waals surface area contributed by atoms with Crippen molar-refractivity contribution in [3.05, 3.63) is 29.6 Å². The van der Waals surface area contributed by atoms with Gasteiger partial charge in [0.1, 0.15) is 5.82 Å². The van der Waals surface area contributed by atoms with Crippen LogP contribution in [0, 0.1) is 11.7 Å². The number of anilines is 1. The summed E-state index contributed by atoms with van der Waals surface area (Å²) in [4.78, 5) is 2.32. The van der Waals surface area contributed by atoms with Crippen LogP contribution in [0.5, 0.6) is 0 Å². The molecule has 1 aliphatic rings. The summed E-state index contributed by atoms with van der Waals surface area (Å²) in [6, 6.07) is 5.45. The molecule has 0 aliphatic carbocycles. The van der Waals surface area contributed by atoms with E-state index in [1.807, 2.05) is 26.0 Å². The average molecular weight is 294 g/mol. The van der Waals surface area contributed by atoms with Crippen LogP contribution >= 0.6 is 0 Å². The number of piperidine rings is 1. The number of halogens is 1. The third-order valence-electron chi connectivity index (χ3n) is 4.33. The highest BCUT2D eigenvalue weighted by Crippen LogP contribution is 2.32. The summed E-state index contributed by atoms with van der Waals surface area (Å²) in [5, 5.41) is 3.32. The molecule has 1 N–H and O–H groups in total. The molecule has 0 radical (unpaired) electrons. The van der Waals surface area contributed by atoms with Gasteiger partial charge < -0.3 is 15.0 Å². The quantitative estimate of drug-likeness (QED) is 0.870. The van der Waals surface area contributed by atoms with Crippen LogP contribution in [0.1, 0.15) is 38.3 Å². The molecule has 0 aromatic heterocycles. The fourth-order valence-corrected chi connectivity index (χ4v) is 3.21. The maximum Gasteiger partial charge on any atom is 0.130 e. The number of nitrogens with one attached hydrogen (secondary N) is 1. The molecular weight excluding hydrogens is 267 g/mol. The van der Waals surface area contributed by atoms with Gasteiger partial charge >= 0.3 is 0 Å². The number of hydrogen-bond acceptors (Lipinski definition) is 3. The molecule has 1 atom stereocenters. The highest BCUT2D eigenvalue weighted by molar-refractivity contribution is 5.55. The minimum Gasteiger partial charge on any atom is -0.384 e. The van der Waals surface area contributed by atoms with Crippen LogP contribution in [0.4, 0.5) is 10.1 Å². The smallest absolute Gasteiger partial charge is 0.130 e. The van der Waals surface area contributed by atoms with E-state index in [9.17, 15) is 4.39 Å². The third kappa shape index (κ3) is 3.95. The minimum absolute atomic E-state index is 0.0305. The second-order valence-electron chi connectivity index (χ2n) is 5.84. The van der Waals surface area contributed by atoms with Gasteiger partial charge in [0.05, 0.1) is 0 Å². The van der Waals surface area contributed by atoms with Crippen molar-refractivity contribution in [1.82, 2.24) is 5.32 Å². The van der Waals surface area contributed by atoms with Crippen molar-refractivity contribution in [2.45, 2.75) is 32.7 Å². The predicted molar refractivity (Wildman–Crippen MR) is 85.3 cm³/mol. The Kier molecular flexibility index (Phi) is 6.00. The van der Waals surface area contributed by atoms with Crippen molar-refractivity contribution < 1.29 is 9.13 Å². The van der Waals surface area contributed by atoms with E-state index in [1.165, 1.54) is 0 Å². The summed E-state index contributed by atoms with van der Waals surface area (Å²) >= 11 is 0. The first-order chi connectivity index (χ1) is 10.2. The zero-order valence-electron chi connectivity index (χ0n) is 13.4. The van der Waals surface area contributed by atoms with Gasteiger partial charge in [0.2, 0.25) is 0 Å². The molecule has 0 saturated carbocycles. The molecule has 1 aromatic carbocycles. The van der Waals surface area contributed by atoms with Crippen molar-refractivity contribution in [3.8, 4) is 0 Å². The van der Waals surface area contributed by atoms with Gasteiger partial charge in [-0.2, -0.15) is 0 Å². The lowest BCUT2D eigenvalue weighted by Crippen LogP contribution is -2.36. The number of rotatable bonds is 6.